The molecule has 5 heteroatoms. The molecule has 0 unspecified atom stereocenters. The van der Waals surface area contributed by atoms with Gasteiger partial charge < -0.3 is 8.98 Å². The van der Waals surface area contributed by atoms with Crippen LogP contribution in [0, 0.1) is 0 Å². The standard InChI is InChI=1S/C48H32N4O/c1-48(2)37-27-28-40-42(35-18-10-12-20-39(35)53-40)41(37)36-26-25-34-33-17-9-11-19-38(33)52(44(34)43(36)48)32-23-21-31(22-24-32)47-50-45(29-13-5-3-6-14-29)49-46(51-47)30-15-7-4-8-16-30/h3-28H,1-2H3. The van der Waals surface area contributed by atoms with Gasteiger partial charge in [0.15, 0.2) is 17.5 Å². The molecule has 250 valence electrons. The van der Waals surface area contributed by atoms with Crippen molar-refractivity contribution in [1.82, 2.24) is 19.5 Å². The van der Waals surface area contributed by atoms with Crippen molar-refractivity contribution >= 4 is 43.7 Å². The first-order valence-corrected chi connectivity index (χ1v) is 18.0. The zero-order valence-corrected chi connectivity index (χ0v) is 29.2. The Labute approximate surface area is 305 Å². The molecule has 0 radical (unpaired) electrons. The molecule has 10 aromatic rings. The fraction of sp³-hybridized carbons (Fsp3) is 0.0625. The van der Waals surface area contributed by atoms with Crippen molar-refractivity contribution in [2.75, 3.05) is 0 Å². The van der Waals surface area contributed by atoms with E-state index in [-0.39, 0.29) is 5.41 Å². The third-order valence-electron chi connectivity index (χ3n) is 11.0. The van der Waals surface area contributed by atoms with Gasteiger partial charge in [-0.1, -0.05) is 129 Å². The number of fused-ring (bicyclic) bond motifs is 11. The van der Waals surface area contributed by atoms with E-state index >= 15 is 0 Å². The van der Waals surface area contributed by atoms with Gasteiger partial charge >= 0.3 is 0 Å². The quantitative estimate of drug-likeness (QED) is 0.186. The van der Waals surface area contributed by atoms with E-state index in [9.17, 15) is 0 Å². The molecular formula is C48H32N4O. The van der Waals surface area contributed by atoms with Crippen LogP contribution in [0.2, 0.25) is 0 Å². The molecule has 0 N–H and O–H groups in total. The monoisotopic (exact) mass is 680 g/mol. The molecule has 0 fully saturated rings. The Morgan fingerprint density at radius 2 is 1.08 bits per heavy atom. The van der Waals surface area contributed by atoms with Gasteiger partial charge in [0.25, 0.3) is 0 Å². The summed E-state index contributed by atoms with van der Waals surface area (Å²) in [6.07, 6.45) is 0. The van der Waals surface area contributed by atoms with Crippen LogP contribution < -0.4 is 0 Å². The maximum absolute atomic E-state index is 6.38. The van der Waals surface area contributed by atoms with Crippen molar-refractivity contribution in [2.45, 2.75) is 19.3 Å². The Kier molecular flexibility index (Phi) is 6.23. The predicted octanol–water partition coefficient (Wildman–Crippen LogP) is 12.2. The maximum Gasteiger partial charge on any atom is 0.164 e. The first-order valence-electron chi connectivity index (χ1n) is 18.0. The van der Waals surface area contributed by atoms with Crippen molar-refractivity contribution in [3.63, 3.8) is 0 Å². The minimum atomic E-state index is -0.255. The van der Waals surface area contributed by atoms with Crippen molar-refractivity contribution < 1.29 is 4.42 Å². The summed E-state index contributed by atoms with van der Waals surface area (Å²) >= 11 is 0. The summed E-state index contributed by atoms with van der Waals surface area (Å²) in [7, 11) is 0. The summed E-state index contributed by atoms with van der Waals surface area (Å²) in [6.45, 7) is 4.73. The number of hydrogen-bond acceptors (Lipinski definition) is 4. The molecule has 0 saturated heterocycles. The molecule has 5 nitrogen and oxygen atoms in total. The molecule has 0 amide bonds. The first kappa shape index (κ1) is 29.8. The van der Waals surface area contributed by atoms with Crippen LogP contribution in [0.1, 0.15) is 25.0 Å². The number of hydrogen-bond donors (Lipinski definition) is 0. The second-order valence-corrected chi connectivity index (χ2v) is 14.4. The van der Waals surface area contributed by atoms with Crippen LogP contribution in [-0.4, -0.2) is 19.5 Å². The number of furan rings is 1. The zero-order chi connectivity index (χ0) is 35.3. The molecule has 0 atom stereocenters. The van der Waals surface area contributed by atoms with Crippen molar-refractivity contribution in [3.8, 4) is 51.0 Å². The Hall–Kier alpha value is -6.85. The van der Waals surface area contributed by atoms with Crippen molar-refractivity contribution in [2.24, 2.45) is 0 Å². The molecule has 11 rings (SSSR count). The van der Waals surface area contributed by atoms with E-state index in [1.165, 1.54) is 49.4 Å². The van der Waals surface area contributed by atoms with E-state index in [2.05, 4.69) is 109 Å². The van der Waals surface area contributed by atoms with Gasteiger partial charge in [-0.25, -0.2) is 15.0 Å². The molecule has 3 aromatic heterocycles. The minimum Gasteiger partial charge on any atom is -0.456 e. The first-order chi connectivity index (χ1) is 26.0. The topological polar surface area (TPSA) is 56.7 Å². The van der Waals surface area contributed by atoms with Crippen LogP contribution in [0.15, 0.2) is 162 Å². The molecule has 53 heavy (non-hydrogen) atoms. The second kappa shape index (κ2) is 11.1. The summed E-state index contributed by atoms with van der Waals surface area (Å²) in [5, 5.41) is 4.83. The summed E-state index contributed by atoms with van der Waals surface area (Å²) in [5.74, 6) is 1.94. The normalized spacial score (nSPS) is 13.2. The SMILES string of the molecule is CC1(C)c2ccc3oc4ccccc4c3c2-c2ccc3c4ccccc4n(-c4ccc(-c5nc(-c6ccccc6)nc(-c6ccccc6)n5)cc4)c3c21. The summed E-state index contributed by atoms with van der Waals surface area (Å²) in [6, 6.07) is 55.1. The Balaban J connectivity index is 1.12. The highest BCUT2D eigenvalue weighted by atomic mass is 16.3. The summed E-state index contributed by atoms with van der Waals surface area (Å²) < 4.78 is 8.83. The van der Waals surface area contributed by atoms with Crippen LogP contribution >= 0.6 is 0 Å². The van der Waals surface area contributed by atoms with Gasteiger partial charge in [0, 0.05) is 49.3 Å². The highest BCUT2D eigenvalue weighted by Gasteiger charge is 2.40. The lowest BCUT2D eigenvalue weighted by Crippen LogP contribution is -2.16. The van der Waals surface area contributed by atoms with E-state index in [4.69, 9.17) is 19.4 Å². The van der Waals surface area contributed by atoms with Crippen LogP contribution in [0.25, 0.3) is 94.7 Å². The molecule has 3 heterocycles. The average molecular weight is 681 g/mol. The van der Waals surface area contributed by atoms with Crippen LogP contribution in [0.5, 0.6) is 0 Å². The van der Waals surface area contributed by atoms with Crippen LogP contribution in [0.3, 0.4) is 0 Å². The third kappa shape index (κ3) is 4.34. The van der Waals surface area contributed by atoms with Gasteiger partial charge in [-0.2, -0.15) is 0 Å². The predicted molar refractivity (Wildman–Crippen MR) is 215 cm³/mol. The Morgan fingerprint density at radius 1 is 0.491 bits per heavy atom. The summed E-state index contributed by atoms with van der Waals surface area (Å²) in [5.41, 5.74) is 13.1. The Morgan fingerprint density at radius 3 is 1.75 bits per heavy atom. The van der Waals surface area contributed by atoms with Gasteiger partial charge in [0.1, 0.15) is 11.2 Å². The number of nitrogens with zero attached hydrogens (tertiary/aromatic N) is 4. The molecule has 0 saturated carbocycles. The number of benzene rings is 7. The zero-order valence-electron chi connectivity index (χ0n) is 29.2. The van der Waals surface area contributed by atoms with Gasteiger partial charge in [-0.15, -0.1) is 0 Å². The largest absolute Gasteiger partial charge is 0.456 e. The van der Waals surface area contributed by atoms with E-state index in [1.54, 1.807) is 0 Å². The van der Waals surface area contributed by atoms with Gasteiger partial charge in [0.05, 0.1) is 11.0 Å². The van der Waals surface area contributed by atoms with Crippen LogP contribution in [0.4, 0.5) is 0 Å². The van der Waals surface area contributed by atoms with E-state index in [1.807, 2.05) is 66.7 Å². The van der Waals surface area contributed by atoms with E-state index in [0.717, 1.165) is 38.9 Å². The lowest BCUT2D eigenvalue weighted by atomic mass is 9.81. The Bertz CT molecular complexity index is 3010. The van der Waals surface area contributed by atoms with Crippen LogP contribution in [-0.2, 0) is 5.41 Å². The number of rotatable bonds is 4. The van der Waals surface area contributed by atoms with E-state index < -0.39 is 0 Å². The van der Waals surface area contributed by atoms with Gasteiger partial charge in [-0.3, -0.25) is 0 Å². The van der Waals surface area contributed by atoms with Gasteiger partial charge in [-0.05, 0) is 64.7 Å². The average Bonchev–Trinajstić information content (AvgIpc) is 3.84. The highest BCUT2D eigenvalue weighted by Crippen LogP contribution is 2.56. The fourth-order valence-corrected chi connectivity index (χ4v) is 8.62. The smallest absolute Gasteiger partial charge is 0.164 e. The van der Waals surface area contributed by atoms with Crippen molar-refractivity contribution in [3.05, 3.63) is 169 Å². The fourth-order valence-electron chi connectivity index (χ4n) is 8.62. The molecule has 0 bridgehead atoms. The molecule has 1 aliphatic carbocycles. The highest BCUT2D eigenvalue weighted by molar-refractivity contribution is 6.18. The molecule has 1 aliphatic rings. The molecule has 7 aromatic carbocycles. The number of para-hydroxylation sites is 2. The van der Waals surface area contributed by atoms with Crippen molar-refractivity contribution in [1.29, 1.82) is 0 Å². The molecular weight excluding hydrogens is 649 g/mol. The lowest BCUT2D eigenvalue weighted by molar-refractivity contribution is 0.659. The number of aromatic nitrogens is 4. The summed E-state index contributed by atoms with van der Waals surface area (Å²) in [4.78, 5) is 14.9. The molecule has 0 spiro atoms. The third-order valence-corrected chi connectivity index (χ3v) is 11.0. The van der Waals surface area contributed by atoms with Gasteiger partial charge in [0.2, 0.25) is 0 Å². The minimum absolute atomic E-state index is 0.255. The lowest BCUT2D eigenvalue weighted by Gasteiger charge is -2.23. The molecule has 0 aliphatic heterocycles. The second-order valence-electron chi connectivity index (χ2n) is 14.4. The maximum atomic E-state index is 6.38. The van der Waals surface area contributed by atoms with E-state index in [0.29, 0.717) is 17.5 Å².